The molecule has 21 heavy (non-hydrogen) atoms. The Labute approximate surface area is 124 Å². The number of hydrogen-bond acceptors (Lipinski definition) is 3. The predicted octanol–water partition coefficient (Wildman–Crippen LogP) is 2.68. The van der Waals surface area contributed by atoms with E-state index >= 15 is 0 Å². The van der Waals surface area contributed by atoms with Crippen LogP contribution in [0.15, 0.2) is 0 Å². The lowest BCUT2D eigenvalue weighted by Gasteiger charge is -2.46. The molecule has 2 unspecified atom stereocenters. The minimum absolute atomic E-state index is 0.0119. The number of rotatable bonds is 6. The standard InChI is InChI=1S/C15H27F3N2O/c1-11(2)20(9-15(16,17)18)13-4-3-7-14(8-13,10-21)19-12-5-6-12/h11-13,19,21H,3-10H2,1-2H3. The summed E-state index contributed by atoms with van der Waals surface area (Å²) in [7, 11) is 0. The van der Waals surface area contributed by atoms with Crippen LogP contribution in [0.2, 0.25) is 0 Å². The maximum Gasteiger partial charge on any atom is 0.401 e. The van der Waals surface area contributed by atoms with E-state index in [0.29, 0.717) is 12.5 Å². The third-order valence-electron chi connectivity index (χ3n) is 4.70. The van der Waals surface area contributed by atoms with E-state index in [-0.39, 0.29) is 24.2 Å². The topological polar surface area (TPSA) is 35.5 Å². The highest BCUT2D eigenvalue weighted by Gasteiger charge is 2.43. The fraction of sp³-hybridized carbons (Fsp3) is 1.00. The van der Waals surface area contributed by atoms with Crippen molar-refractivity contribution in [2.24, 2.45) is 0 Å². The van der Waals surface area contributed by atoms with Crippen molar-refractivity contribution in [3.05, 3.63) is 0 Å². The first-order chi connectivity index (χ1) is 9.75. The molecule has 0 spiro atoms. The fourth-order valence-electron chi connectivity index (χ4n) is 3.54. The van der Waals surface area contributed by atoms with E-state index < -0.39 is 12.7 Å². The number of halogens is 3. The summed E-state index contributed by atoms with van der Waals surface area (Å²) < 4.78 is 38.4. The second kappa shape index (κ2) is 6.42. The second-order valence-corrected chi connectivity index (χ2v) is 6.99. The molecule has 0 aromatic heterocycles. The van der Waals surface area contributed by atoms with Gasteiger partial charge in [-0.15, -0.1) is 0 Å². The number of aliphatic hydroxyl groups is 1. The molecule has 2 fully saturated rings. The zero-order chi connectivity index (χ0) is 15.7. The Hall–Kier alpha value is -0.330. The van der Waals surface area contributed by atoms with Crippen LogP contribution >= 0.6 is 0 Å². The van der Waals surface area contributed by atoms with E-state index in [1.165, 1.54) is 0 Å². The van der Waals surface area contributed by atoms with Crippen molar-refractivity contribution in [2.45, 2.75) is 82.2 Å². The van der Waals surface area contributed by atoms with Gasteiger partial charge in [-0.3, -0.25) is 4.90 Å². The molecule has 0 bridgehead atoms. The minimum Gasteiger partial charge on any atom is -0.394 e. The van der Waals surface area contributed by atoms with Crippen LogP contribution in [0.25, 0.3) is 0 Å². The van der Waals surface area contributed by atoms with Gasteiger partial charge in [-0.25, -0.2) is 0 Å². The highest BCUT2D eigenvalue weighted by molar-refractivity contribution is 5.01. The van der Waals surface area contributed by atoms with Crippen LogP contribution in [0.4, 0.5) is 13.2 Å². The molecule has 0 heterocycles. The van der Waals surface area contributed by atoms with Crippen LogP contribution in [-0.2, 0) is 0 Å². The quantitative estimate of drug-likeness (QED) is 0.792. The molecule has 2 rings (SSSR count). The largest absolute Gasteiger partial charge is 0.401 e. The molecule has 6 heteroatoms. The highest BCUT2D eigenvalue weighted by atomic mass is 19.4. The Balaban J connectivity index is 2.05. The number of alkyl halides is 3. The molecule has 2 aliphatic rings. The van der Waals surface area contributed by atoms with Gasteiger partial charge < -0.3 is 10.4 Å². The lowest BCUT2D eigenvalue weighted by molar-refractivity contribution is -0.158. The predicted molar refractivity (Wildman–Crippen MR) is 76.1 cm³/mol. The smallest absolute Gasteiger partial charge is 0.394 e. The van der Waals surface area contributed by atoms with E-state index in [4.69, 9.17) is 0 Å². The van der Waals surface area contributed by atoms with Crippen molar-refractivity contribution in [1.82, 2.24) is 10.2 Å². The van der Waals surface area contributed by atoms with Crippen LogP contribution in [0.5, 0.6) is 0 Å². The van der Waals surface area contributed by atoms with Gasteiger partial charge in [0.25, 0.3) is 0 Å². The van der Waals surface area contributed by atoms with E-state index in [1.54, 1.807) is 4.90 Å². The SMILES string of the molecule is CC(C)N(CC(F)(F)F)C1CCCC(CO)(NC2CC2)C1. The number of aliphatic hydroxyl groups excluding tert-OH is 1. The third kappa shape index (κ3) is 4.83. The van der Waals surface area contributed by atoms with Gasteiger partial charge in [-0.05, 0) is 52.4 Å². The first-order valence-corrected chi connectivity index (χ1v) is 7.96. The molecule has 2 atom stereocenters. The Morgan fingerprint density at radius 2 is 1.95 bits per heavy atom. The molecular weight excluding hydrogens is 281 g/mol. The fourth-order valence-corrected chi connectivity index (χ4v) is 3.54. The highest BCUT2D eigenvalue weighted by Crippen LogP contribution is 2.36. The van der Waals surface area contributed by atoms with Gasteiger partial charge in [0.05, 0.1) is 13.2 Å². The van der Waals surface area contributed by atoms with Crippen molar-refractivity contribution < 1.29 is 18.3 Å². The lowest BCUT2D eigenvalue weighted by Crippen LogP contribution is -2.58. The molecule has 0 aromatic carbocycles. The van der Waals surface area contributed by atoms with Crippen molar-refractivity contribution in [2.75, 3.05) is 13.2 Å². The van der Waals surface area contributed by atoms with Crippen LogP contribution in [0.1, 0.15) is 52.4 Å². The number of nitrogens with zero attached hydrogens (tertiary/aromatic N) is 1. The minimum atomic E-state index is -4.17. The zero-order valence-corrected chi connectivity index (χ0v) is 12.9. The van der Waals surface area contributed by atoms with E-state index in [1.807, 2.05) is 13.8 Å². The Morgan fingerprint density at radius 1 is 1.29 bits per heavy atom. The molecular formula is C15H27F3N2O. The van der Waals surface area contributed by atoms with Crippen molar-refractivity contribution in [1.29, 1.82) is 0 Å². The van der Waals surface area contributed by atoms with Crippen LogP contribution < -0.4 is 5.32 Å². The average Bonchev–Trinajstić information content (AvgIpc) is 3.19. The maximum absolute atomic E-state index is 12.8. The van der Waals surface area contributed by atoms with Crippen LogP contribution in [0, 0.1) is 0 Å². The van der Waals surface area contributed by atoms with Gasteiger partial charge in [-0.2, -0.15) is 13.2 Å². The molecule has 0 saturated heterocycles. The van der Waals surface area contributed by atoms with E-state index in [0.717, 1.165) is 32.1 Å². The second-order valence-electron chi connectivity index (χ2n) is 6.99. The van der Waals surface area contributed by atoms with Gasteiger partial charge >= 0.3 is 6.18 Å². The monoisotopic (exact) mass is 308 g/mol. The number of hydrogen-bond donors (Lipinski definition) is 2. The summed E-state index contributed by atoms with van der Waals surface area (Å²) in [5.41, 5.74) is -0.386. The molecule has 124 valence electrons. The summed E-state index contributed by atoms with van der Waals surface area (Å²) in [6, 6.07) is 0.192. The van der Waals surface area contributed by atoms with Gasteiger partial charge in [-0.1, -0.05) is 0 Å². The van der Waals surface area contributed by atoms with Gasteiger partial charge in [0.2, 0.25) is 0 Å². The molecule has 0 amide bonds. The molecule has 2 saturated carbocycles. The summed E-state index contributed by atoms with van der Waals surface area (Å²) in [5, 5.41) is 13.3. The third-order valence-corrected chi connectivity index (χ3v) is 4.70. The van der Waals surface area contributed by atoms with Crippen molar-refractivity contribution in [3.8, 4) is 0 Å². The summed E-state index contributed by atoms with van der Waals surface area (Å²) in [4.78, 5) is 1.55. The summed E-state index contributed by atoms with van der Waals surface area (Å²) in [6.07, 6.45) is 1.16. The molecule has 0 radical (unpaired) electrons. The van der Waals surface area contributed by atoms with Crippen molar-refractivity contribution in [3.63, 3.8) is 0 Å². The molecule has 0 aromatic rings. The van der Waals surface area contributed by atoms with Gasteiger partial charge in [0, 0.05) is 23.7 Å². The number of nitrogens with one attached hydrogen (secondary N) is 1. The van der Waals surface area contributed by atoms with Gasteiger partial charge in [0.1, 0.15) is 0 Å². The first-order valence-electron chi connectivity index (χ1n) is 7.96. The zero-order valence-electron chi connectivity index (χ0n) is 12.9. The lowest BCUT2D eigenvalue weighted by atomic mass is 9.78. The molecule has 3 nitrogen and oxygen atoms in total. The van der Waals surface area contributed by atoms with E-state index in [9.17, 15) is 18.3 Å². The molecule has 0 aliphatic heterocycles. The van der Waals surface area contributed by atoms with Crippen LogP contribution in [0.3, 0.4) is 0 Å². The maximum atomic E-state index is 12.8. The molecule has 2 aliphatic carbocycles. The van der Waals surface area contributed by atoms with E-state index in [2.05, 4.69) is 5.32 Å². The Morgan fingerprint density at radius 3 is 2.43 bits per heavy atom. The van der Waals surface area contributed by atoms with Crippen LogP contribution in [-0.4, -0.2) is 53.0 Å². The van der Waals surface area contributed by atoms with Crippen molar-refractivity contribution >= 4 is 0 Å². The Kier molecular flexibility index (Phi) is 5.21. The Bertz CT molecular complexity index is 344. The normalized spacial score (nSPS) is 31.1. The molecule has 2 N–H and O–H groups in total. The summed E-state index contributed by atoms with van der Waals surface area (Å²) in [5.74, 6) is 0. The summed E-state index contributed by atoms with van der Waals surface area (Å²) >= 11 is 0. The average molecular weight is 308 g/mol. The summed E-state index contributed by atoms with van der Waals surface area (Å²) in [6.45, 7) is 2.78. The first kappa shape index (κ1) is 17.0. The van der Waals surface area contributed by atoms with Gasteiger partial charge in [0.15, 0.2) is 0 Å².